The lowest BCUT2D eigenvalue weighted by atomic mass is 10.2. The van der Waals surface area contributed by atoms with Gasteiger partial charge in [0.2, 0.25) is 0 Å². The zero-order valence-corrected chi connectivity index (χ0v) is 6.99. The Morgan fingerprint density at radius 2 is 2.10 bits per heavy atom. The molecule has 0 aliphatic rings. The van der Waals surface area contributed by atoms with Crippen molar-refractivity contribution in [2.24, 2.45) is 5.73 Å². The highest BCUT2D eigenvalue weighted by molar-refractivity contribution is 5.85. The first-order chi connectivity index (χ1) is 4.25. The van der Waals surface area contributed by atoms with E-state index in [-0.39, 0.29) is 12.4 Å². The highest BCUT2D eigenvalue weighted by Gasteiger charge is 2.02. The molecule has 0 aliphatic heterocycles. The Labute approximate surface area is 66.8 Å². The van der Waals surface area contributed by atoms with Gasteiger partial charge in [0.15, 0.2) is 0 Å². The van der Waals surface area contributed by atoms with E-state index in [1.807, 2.05) is 13.8 Å². The first-order valence-corrected chi connectivity index (χ1v) is 2.99. The predicted octanol–water partition coefficient (Wildman–Crippen LogP) is 1.78. The second-order valence-corrected chi connectivity index (χ2v) is 2.16. The summed E-state index contributed by atoms with van der Waals surface area (Å²) in [7, 11) is 0. The minimum absolute atomic E-state index is 0. The lowest BCUT2D eigenvalue weighted by Gasteiger charge is -1.91. The molecule has 0 saturated carbocycles. The Hall–Kier alpha value is -0.470. The third-order valence-corrected chi connectivity index (χ3v) is 1.52. The van der Waals surface area contributed by atoms with Gasteiger partial charge in [-0.3, -0.25) is 0 Å². The molecule has 0 saturated heterocycles. The number of rotatable bonds is 1. The van der Waals surface area contributed by atoms with Crippen molar-refractivity contribution in [2.45, 2.75) is 20.4 Å². The summed E-state index contributed by atoms with van der Waals surface area (Å²) in [6.45, 7) is 4.50. The van der Waals surface area contributed by atoms with Gasteiger partial charge >= 0.3 is 0 Å². The fourth-order valence-electron chi connectivity index (χ4n) is 0.901. The zero-order valence-electron chi connectivity index (χ0n) is 6.18. The SMILES string of the molecule is Cc1coc(C)c1CN.Cl. The van der Waals surface area contributed by atoms with Gasteiger partial charge in [0.1, 0.15) is 5.76 Å². The van der Waals surface area contributed by atoms with E-state index in [1.54, 1.807) is 6.26 Å². The molecule has 0 amide bonds. The van der Waals surface area contributed by atoms with Gasteiger partial charge < -0.3 is 10.2 Å². The highest BCUT2D eigenvalue weighted by atomic mass is 35.5. The van der Waals surface area contributed by atoms with E-state index in [0.717, 1.165) is 16.9 Å². The van der Waals surface area contributed by atoms with E-state index in [4.69, 9.17) is 10.2 Å². The van der Waals surface area contributed by atoms with Crippen molar-refractivity contribution in [1.82, 2.24) is 0 Å². The summed E-state index contributed by atoms with van der Waals surface area (Å²) in [4.78, 5) is 0. The van der Waals surface area contributed by atoms with Crippen LogP contribution < -0.4 is 5.73 Å². The summed E-state index contributed by atoms with van der Waals surface area (Å²) in [5.41, 5.74) is 7.72. The van der Waals surface area contributed by atoms with Crippen molar-refractivity contribution in [1.29, 1.82) is 0 Å². The molecule has 3 heteroatoms. The summed E-state index contributed by atoms with van der Waals surface area (Å²) in [6.07, 6.45) is 1.73. The molecule has 1 aromatic heterocycles. The van der Waals surface area contributed by atoms with Gasteiger partial charge in [-0.25, -0.2) is 0 Å². The van der Waals surface area contributed by atoms with Crippen molar-refractivity contribution in [3.63, 3.8) is 0 Å². The number of hydrogen-bond acceptors (Lipinski definition) is 2. The molecule has 0 radical (unpaired) electrons. The minimum Gasteiger partial charge on any atom is -0.469 e. The molecule has 2 nitrogen and oxygen atoms in total. The fourth-order valence-corrected chi connectivity index (χ4v) is 0.901. The first kappa shape index (κ1) is 9.53. The summed E-state index contributed by atoms with van der Waals surface area (Å²) in [5, 5.41) is 0. The van der Waals surface area contributed by atoms with Gasteiger partial charge in [0.25, 0.3) is 0 Å². The molecule has 0 unspecified atom stereocenters. The fraction of sp³-hybridized carbons (Fsp3) is 0.429. The van der Waals surface area contributed by atoms with Crippen LogP contribution in [0.15, 0.2) is 10.7 Å². The van der Waals surface area contributed by atoms with Crippen LogP contribution >= 0.6 is 12.4 Å². The largest absolute Gasteiger partial charge is 0.469 e. The van der Waals surface area contributed by atoms with Crippen LogP contribution in [-0.4, -0.2) is 0 Å². The normalized spacial score (nSPS) is 9.10. The van der Waals surface area contributed by atoms with Gasteiger partial charge in [-0.2, -0.15) is 0 Å². The first-order valence-electron chi connectivity index (χ1n) is 2.99. The van der Waals surface area contributed by atoms with Crippen molar-refractivity contribution in [2.75, 3.05) is 0 Å². The van der Waals surface area contributed by atoms with Crippen LogP contribution in [0.3, 0.4) is 0 Å². The maximum Gasteiger partial charge on any atom is 0.105 e. The standard InChI is InChI=1S/C7H11NO.ClH/c1-5-4-9-6(2)7(5)3-8;/h4H,3,8H2,1-2H3;1H. The topological polar surface area (TPSA) is 39.2 Å². The molecule has 1 heterocycles. The van der Waals surface area contributed by atoms with Crippen LogP contribution in [0.25, 0.3) is 0 Å². The van der Waals surface area contributed by atoms with Crippen molar-refractivity contribution in [3.05, 3.63) is 23.2 Å². The molecule has 0 bridgehead atoms. The molecule has 0 atom stereocenters. The third kappa shape index (κ3) is 1.52. The maximum absolute atomic E-state index is 5.44. The lowest BCUT2D eigenvalue weighted by Crippen LogP contribution is -1.97. The average molecular weight is 162 g/mol. The molecule has 1 rings (SSSR count). The van der Waals surface area contributed by atoms with E-state index < -0.39 is 0 Å². The number of halogens is 1. The summed E-state index contributed by atoms with van der Waals surface area (Å²) in [6, 6.07) is 0. The van der Waals surface area contributed by atoms with Crippen molar-refractivity contribution in [3.8, 4) is 0 Å². The third-order valence-electron chi connectivity index (χ3n) is 1.52. The van der Waals surface area contributed by atoms with Crippen molar-refractivity contribution >= 4 is 12.4 Å². The Balaban J connectivity index is 0.000000810. The zero-order chi connectivity index (χ0) is 6.85. The number of furan rings is 1. The molecule has 0 spiro atoms. The molecular formula is C7H12ClNO. The van der Waals surface area contributed by atoms with Gasteiger partial charge in [0.05, 0.1) is 6.26 Å². The second kappa shape index (κ2) is 3.64. The van der Waals surface area contributed by atoms with E-state index in [2.05, 4.69) is 0 Å². The van der Waals surface area contributed by atoms with E-state index in [1.165, 1.54) is 0 Å². The molecule has 0 aromatic carbocycles. The minimum atomic E-state index is 0. The molecule has 1 aromatic rings. The number of aryl methyl sites for hydroxylation is 2. The van der Waals surface area contributed by atoms with Gasteiger partial charge in [-0.15, -0.1) is 12.4 Å². The van der Waals surface area contributed by atoms with E-state index in [9.17, 15) is 0 Å². The maximum atomic E-state index is 5.44. The Morgan fingerprint density at radius 3 is 2.30 bits per heavy atom. The van der Waals surface area contributed by atoms with Crippen LogP contribution in [-0.2, 0) is 6.54 Å². The van der Waals surface area contributed by atoms with Crippen LogP contribution in [0, 0.1) is 13.8 Å². The monoisotopic (exact) mass is 161 g/mol. The molecular weight excluding hydrogens is 150 g/mol. The predicted molar refractivity (Wildman–Crippen MR) is 43.3 cm³/mol. The summed E-state index contributed by atoms with van der Waals surface area (Å²) >= 11 is 0. The average Bonchev–Trinajstić information content (AvgIpc) is 2.12. The van der Waals surface area contributed by atoms with Gasteiger partial charge in [-0.05, 0) is 19.4 Å². The number of hydrogen-bond donors (Lipinski definition) is 1. The molecule has 10 heavy (non-hydrogen) atoms. The molecule has 0 aliphatic carbocycles. The van der Waals surface area contributed by atoms with E-state index >= 15 is 0 Å². The van der Waals surface area contributed by atoms with Gasteiger partial charge in [0, 0.05) is 12.1 Å². The molecule has 58 valence electrons. The smallest absolute Gasteiger partial charge is 0.105 e. The van der Waals surface area contributed by atoms with Crippen LogP contribution in [0.4, 0.5) is 0 Å². The molecule has 2 N–H and O–H groups in total. The molecule has 0 fully saturated rings. The number of nitrogens with two attached hydrogens (primary N) is 1. The van der Waals surface area contributed by atoms with E-state index in [0.29, 0.717) is 6.54 Å². The quantitative estimate of drug-likeness (QED) is 0.682. The summed E-state index contributed by atoms with van der Waals surface area (Å²) < 4.78 is 5.11. The van der Waals surface area contributed by atoms with Crippen molar-refractivity contribution < 1.29 is 4.42 Å². The lowest BCUT2D eigenvalue weighted by molar-refractivity contribution is 0.529. The van der Waals surface area contributed by atoms with Crippen LogP contribution in [0.2, 0.25) is 0 Å². The summed E-state index contributed by atoms with van der Waals surface area (Å²) in [5.74, 6) is 0.940. The van der Waals surface area contributed by atoms with Crippen LogP contribution in [0.5, 0.6) is 0 Å². The van der Waals surface area contributed by atoms with Gasteiger partial charge in [-0.1, -0.05) is 0 Å². The Kier molecular flexibility index (Phi) is 3.47. The van der Waals surface area contributed by atoms with Crippen LogP contribution in [0.1, 0.15) is 16.9 Å². The Bertz CT molecular complexity index is 188. The second-order valence-electron chi connectivity index (χ2n) is 2.16. The Morgan fingerprint density at radius 1 is 1.50 bits per heavy atom. The highest BCUT2D eigenvalue weighted by Crippen LogP contribution is 2.13.